The smallest absolute Gasteiger partial charge is 0.170 e. The molecule has 0 saturated carbocycles. The highest BCUT2D eigenvalue weighted by atomic mass is 16.5. The van der Waals surface area contributed by atoms with Crippen LogP contribution in [-0.4, -0.2) is 145 Å². The van der Waals surface area contributed by atoms with Gasteiger partial charge in [-0.2, -0.15) is 0 Å². The van der Waals surface area contributed by atoms with E-state index in [-0.39, 0.29) is 102 Å². The van der Waals surface area contributed by atoms with Crippen LogP contribution in [0.3, 0.4) is 0 Å². The van der Waals surface area contributed by atoms with Gasteiger partial charge < -0.3 is 85.3 Å². The SMILES string of the molecule is COc1c(O)cccc1C=O.COc1cc(O)ccc1C=O.COc1ccc(C=O)c(O)c1.COc1cccc(C=O)c1O.O=Cc1c(O)cc(O)cc1O.O=Cc1c(O)cccc1O.O=Cc1ccc(O)cc1O.O=Cc1cccc(O)c1O. The molecule has 0 saturated heterocycles. The van der Waals surface area contributed by atoms with Gasteiger partial charge in [-0.1, -0.05) is 24.3 Å². The van der Waals surface area contributed by atoms with Crippen molar-refractivity contribution < 1.29 is 124 Å². The zero-order chi connectivity index (χ0) is 64.2. The summed E-state index contributed by atoms with van der Waals surface area (Å²) in [6, 6.07) is 32.3. The number of phenolic OH excluding ortho intramolecular Hbond substituents is 13. The Kier molecular flexibility index (Phi) is 31.3. The van der Waals surface area contributed by atoms with Crippen molar-refractivity contribution >= 4 is 50.3 Å². The first-order valence-electron chi connectivity index (χ1n) is 23.4. The molecule has 0 aliphatic rings. The Morgan fingerprint density at radius 2 is 0.659 bits per heavy atom. The van der Waals surface area contributed by atoms with Gasteiger partial charge in [0.05, 0.1) is 72.9 Å². The van der Waals surface area contributed by atoms with E-state index >= 15 is 0 Å². The summed E-state index contributed by atoms with van der Waals surface area (Å²) in [7, 11) is 5.78. The maximum Gasteiger partial charge on any atom is 0.170 e. The molecule has 8 rings (SSSR count). The van der Waals surface area contributed by atoms with Crippen LogP contribution in [0.15, 0.2) is 140 Å². The molecule has 0 fully saturated rings. The minimum Gasteiger partial charge on any atom is -0.508 e. The fourth-order valence-corrected chi connectivity index (χ4v) is 5.87. The van der Waals surface area contributed by atoms with Crippen LogP contribution in [0, 0.1) is 0 Å². The fourth-order valence-electron chi connectivity index (χ4n) is 5.87. The highest BCUT2D eigenvalue weighted by molar-refractivity contribution is 5.85. The predicted molar refractivity (Wildman–Crippen MR) is 302 cm³/mol. The average molecular weight is 1180 g/mol. The molecule has 8 aromatic rings. The lowest BCUT2D eigenvalue weighted by Crippen LogP contribution is -1.89. The number of carbonyl (C=O) groups is 8. The molecule has 0 atom stereocenters. The first kappa shape index (κ1) is 70.7. The van der Waals surface area contributed by atoms with E-state index in [0.29, 0.717) is 78.7 Å². The van der Waals surface area contributed by atoms with Crippen LogP contribution < -0.4 is 18.9 Å². The van der Waals surface area contributed by atoms with Crippen molar-refractivity contribution in [2.24, 2.45) is 0 Å². The number of hydrogen-bond donors (Lipinski definition) is 13. The lowest BCUT2D eigenvalue weighted by atomic mass is 10.2. The second kappa shape index (κ2) is 37.6. The third-order valence-electron chi connectivity index (χ3n) is 10.2. The Hall–Kier alpha value is -12.3. The number of aldehydes is 8. The number of para-hydroxylation sites is 3. The standard InChI is InChI=1S/4C8H8O3.C7H6O4.3C7H6O3/c1-11-7-3-2-6(5-9)8(10)4-7;1-11-8-4-7(10)3-2-6(8)5-9;1-11-7-4-2-3-6(5-9)8(7)10;1-11-8-6(5-9)3-2-4-7(8)10;8-3-5-6(10)1-4(9)2-7(5)11;8-4-5-1-2-6(9)3-7(5)10;8-4-5-6(9)2-1-3-7(5)10;8-4-5-2-1-3-6(9)7(5)10/h4*2-5,10H,1H3;1-3,9-11H;3*1-4,9-10H. The number of rotatable bonds is 12. The minimum atomic E-state index is -0.433. The Labute approximate surface area is 482 Å². The van der Waals surface area contributed by atoms with Gasteiger partial charge in [-0.05, 0) is 84.9 Å². The molecular weight excluding hydrogens is 1120 g/mol. The van der Waals surface area contributed by atoms with E-state index in [9.17, 15) is 43.5 Å². The molecule has 0 amide bonds. The van der Waals surface area contributed by atoms with Gasteiger partial charge in [-0.25, -0.2) is 0 Å². The summed E-state index contributed by atoms with van der Waals surface area (Å²) in [4.78, 5) is 81.7. The molecular formula is C60H56O25. The Balaban J connectivity index is 0.000000486. The summed E-state index contributed by atoms with van der Waals surface area (Å²) in [6.45, 7) is 0. The highest BCUT2D eigenvalue weighted by Gasteiger charge is 2.09. The van der Waals surface area contributed by atoms with Gasteiger partial charge >= 0.3 is 0 Å². The Morgan fingerprint density at radius 3 is 1.07 bits per heavy atom. The molecule has 25 heteroatoms. The highest BCUT2D eigenvalue weighted by Crippen LogP contribution is 2.32. The molecule has 13 N–H and O–H groups in total. The molecule has 0 heterocycles. The second-order valence-corrected chi connectivity index (χ2v) is 15.7. The number of phenols is 13. The van der Waals surface area contributed by atoms with Gasteiger partial charge in [0.15, 0.2) is 84.8 Å². The van der Waals surface area contributed by atoms with Gasteiger partial charge in [0.1, 0.15) is 63.2 Å². The third-order valence-corrected chi connectivity index (χ3v) is 10.2. The van der Waals surface area contributed by atoms with Crippen molar-refractivity contribution in [3.63, 3.8) is 0 Å². The zero-order valence-electron chi connectivity index (χ0n) is 45.1. The van der Waals surface area contributed by atoms with Gasteiger partial charge in [0.25, 0.3) is 0 Å². The first-order chi connectivity index (χ1) is 40.5. The van der Waals surface area contributed by atoms with Crippen LogP contribution >= 0.6 is 0 Å². The molecule has 0 bridgehead atoms. The summed E-state index contributed by atoms with van der Waals surface area (Å²) in [5.41, 5.74) is 1.29. The van der Waals surface area contributed by atoms with Crippen molar-refractivity contribution in [2.75, 3.05) is 28.4 Å². The van der Waals surface area contributed by atoms with Crippen LogP contribution in [0.2, 0.25) is 0 Å². The predicted octanol–water partition coefficient (Wildman–Crippen LogP) is 8.20. The van der Waals surface area contributed by atoms with Gasteiger partial charge in [-0.3, -0.25) is 38.4 Å². The summed E-state index contributed by atoms with van der Waals surface area (Å²) in [5, 5.41) is 116. The quantitative estimate of drug-likeness (QED) is 0.0404. The van der Waals surface area contributed by atoms with Crippen molar-refractivity contribution in [2.45, 2.75) is 0 Å². The van der Waals surface area contributed by atoms with Crippen LogP contribution in [0.1, 0.15) is 82.9 Å². The number of methoxy groups -OCH3 is 4. The van der Waals surface area contributed by atoms with E-state index in [0.717, 1.165) is 18.2 Å². The fraction of sp³-hybridized carbons (Fsp3) is 0.0667. The molecule has 8 aromatic carbocycles. The lowest BCUT2D eigenvalue weighted by Gasteiger charge is -2.03. The number of aromatic hydroxyl groups is 13. The van der Waals surface area contributed by atoms with Crippen molar-refractivity contribution in [3.05, 3.63) is 184 Å². The number of carbonyl (C=O) groups excluding carboxylic acids is 8. The molecule has 85 heavy (non-hydrogen) atoms. The van der Waals surface area contributed by atoms with Gasteiger partial charge in [0, 0.05) is 30.3 Å². The molecule has 446 valence electrons. The zero-order valence-corrected chi connectivity index (χ0v) is 45.1. The monoisotopic (exact) mass is 1180 g/mol. The van der Waals surface area contributed by atoms with Crippen molar-refractivity contribution in [1.82, 2.24) is 0 Å². The number of ether oxygens (including phenoxy) is 4. The average Bonchev–Trinajstić information content (AvgIpc) is 3.60. The minimum absolute atomic E-state index is 0.0166. The number of hydrogen-bond acceptors (Lipinski definition) is 25. The molecule has 25 nitrogen and oxygen atoms in total. The molecule has 0 spiro atoms. The Morgan fingerprint density at radius 1 is 0.271 bits per heavy atom. The molecule has 0 radical (unpaired) electrons. The van der Waals surface area contributed by atoms with E-state index in [1.165, 1.54) is 119 Å². The largest absolute Gasteiger partial charge is 0.508 e. The van der Waals surface area contributed by atoms with Crippen LogP contribution in [0.5, 0.6) is 97.7 Å². The van der Waals surface area contributed by atoms with E-state index < -0.39 is 11.5 Å². The van der Waals surface area contributed by atoms with Crippen LogP contribution in [-0.2, 0) is 0 Å². The molecule has 0 aliphatic heterocycles. The summed E-state index contributed by atoms with van der Waals surface area (Å²) in [5.74, 6) is -1.06. The Bertz CT molecular complexity index is 3460. The summed E-state index contributed by atoms with van der Waals surface area (Å²) >= 11 is 0. The number of benzene rings is 8. The van der Waals surface area contributed by atoms with E-state index in [4.69, 9.17) is 80.2 Å². The molecule has 0 aromatic heterocycles. The van der Waals surface area contributed by atoms with Crippen LogP contribution in [0.25, 0.3) is 0 Å². The normalized spacial score (nSPS) is 9.22. The molecule has 0 unspecified atom stereocenters. The molecule has 0 aliphatic carbocycles. The first-order valence-corrected chi connectivity index (χ1v) is 23.4. The van der Waals surface area contributed by atoms with Crippen molar-refractivity contribution in [1.29, 1.82) is 0 Å². The lowest BCUT2D eigenvalue weighted by molar-refractivity contribution is 0.111. The summed E-state index contributed by atoms with van der Waals surface area (Å²) < 4.78 is 19.2. The summed E-state index contributed by atoms with van der Waals surface area (Å²) in [6.07, 6.45) is 4.21. The maximum absolute atomic E-state index is 10.3. The van der Waals surface area contributed by atoms with E-state index in [1.54, 1.807) is 30.3 Å². The van der Waals surface area contributed by atoms with Gasteiger partial charge in [-0.15, -0.1) is 0 Å². The third kappa shape index (κ3) is 23.1. The topological polar surface area (TPSA) is 436 Å². The second-order valence-electron chi connectivity index (χ2n) is 15.7. The van der Waals surface area contributed by atoms with E-state index in [2.05, 4.69) is 0 Å². The van der Waals surface area contributed by atoms with Gasteiger partial charge in [0.2, 0.25) is 0 Å². The van der Waals surface area contributed by atoms with E-state index in [1.807, 2.05) is 0 Å². The van der Waals surface area contributed by atoms with Crippen LogP contribution in [0.4, 0.5) is 0 Å². The van der Waals surface area contributed by atoms with Crippen molar-refractivity contribution in [3.8, 4) is 97.7 Å². The maximum atomic E-state index is 10.3.